The first-order valence-corrected chi connectivity index (χ1v) is 8.19. The van der Waals surface area contributed by atoms with E-state index in [4.69, 9.17) is 5.84 Å². The molecular weight excluding hydrogens is 248 g/mol. The molecule has 0 amide bonds. The summed E-state index contributed by atoms with van der Waals surface area (Å²) >= 11 is 0. The predicted octanol–water partition coefficient (Wildman–Crippen LogP) is 2.41. The summed E-state index contributed by atoms with van der Waals surface area (Å²) in [5, 5.41) is 4.53. The van der Waals surface area contributed by atoms with Crippen LogP contribution >= 0.6 is 0 Å². The van der Waals surface area contributed by atoms with Gasteiger partial charge in [0, 0.05) is 24.7 Å². The largest absolute Gasteiger partial charge is 0.271 e. The molecule has 4 atom stereocenters. The number of nitrogens with zero attached hydrogens (tertiary/aromatic N) is 2. The zero-order valence-electron chi connectivity index (χ0n) is 12.8. The maximum atomic E-state index is 5.82. The van der Waals surface area contributed by atoms with Crippen molar-refractivity contribution in [1.82, 2.24) is 15.2 Å². The molecule has 2 saturated carbocycles. The Morgan fingerprint density at radius 1 is 1.45 bits per heavy atom. The fourth-order valence-electron chi connectivity index (χ4n) is 4.53. The molecule has 3 N–H and O–H groups in total. The third-order valence-electron chi connectivity index (χ3n) is 5.45. The summed E-state index contributed by atoms with van der Waals surface area (Å²) < 4.78 is 2.11. The zero-order chi connectivity index (χ0) is 14.1. The average molecular weight is 276 g/mol. The summed E-state index contributed by atoms with van der Waals surface area (Å²) in [6.07, 6.45) is 8.08. The van der Waals surface area contributed by atoms with E-state index in [0.717, 1.165) is 36.4 Å². The van der Waals surface area contributed by atoms with E-state index in [1.165, 1.54) is 37.8 Å². The Kier molecular flexibility index (Phi) is 4.13. The van der Waals surface area contributed by atoms with Crippen LogP contribution in [0, 0.1) is 24.7 Å². The highest BCUT2D eigenvalue weighted by Crippen LogP contribution is 2.49. The summed E-state index contributed by atoms with van der Waals surface area (Å²) in [6, 6.07) is 2.59. The van der Waals surface area contributed by atoms with Crippen LogP contribution in [-0.4, -0.2) is 15.8 Å². The number of aryl methyl sites for hydroxylation is 2. The lowest BCUT2D eigenvalue weighted by atomic mass is 9.83. The molecule has 20 heavy (non-hydrogen) atoms. The number of rotatable bonds is 6. The van der Waals surface area contributed by atoms with E-state index < -0.39 is 0 Å². The molecular formula is C16H28N4. The Balaban J connectivity index is 1.62. The van der Waals surface area contributed by atoms with E-state index >= 15 is 0 Å². The lowest BCUT2D eigenvalue weighted by Gasteiger charge is -2.26. The fraction of sp³-hybridized carbons (Fsp3) is 0.812. The molecule has 1 aromatic rings. The van der Waals surface area contributed by atoms with Gasteiger partial charge in [0.15, 0.2) is 0 Å². The van der Waals surface area contributed by atoms with Crippen molar-refractivity contribution in [3.8, 4) is 0 Å². The summed E-state index contributed by atoms with van der Waals surface area (Å²) in [6.45, 7) is 5.15. The first kappa shape index (κ1) is 14.1. The number of hydrazine groups is 1. The highest BCUT2D eigenvalue weighted by molar-refractivity contribution is 5.10. The van der Waals surface area contributed by atoms with Gasteiger partial charge >= 0.3 is 0 Å². The standard InChI is InChI=1S/C16H28N4/c1-3-20-16(6-11(2)19-20)10-15(18-17)9-14-8-12-4-5-13(14)7-12/h6,12-15,18H,3-5,7-10,17H2,1-2H3. The van der Waals surface area contributed by atoms with Crippen LogP contribution in [0.5, 0.6) is 0 Å². The maximum absolute atomic E-state index is 5.82. The SMILES string of the molecule is CCn1nc(C)cc1CC(CC1CC2CCC1C2)NN. The van der Waals surface area contributed by atoms with Crippen LogP contribution in [0.1, 0.15) is 50.4 Å². The molecule has 4 heteroatoms. The van der Waals surface area contributed by atoms with Crippen molar-refractivity contribution in [2.45, 2.75) is 65.0 Å². The molecule has 1 aromatic heterocycles. The molecule has 112 valence electrons. The van der Waals surface area contributed by atoms with Crippen LogP contribution in [0.3, 0.4) is 0 Å². The molecule has 4 nitrogen and oxygen atoms in total. The van der Waals surface area contributed by atoms with Crippen molar-refractivity contribution < 1.29 is 0 Å². The van der Waals surface area contributed by atoms with Gasteiger partial charge < -0.3 is 0 Å². The quantitative estimate of drug-likeness (QED) is 0.620. The molecule has 0 saturated heterocycles. The van der Waals surface area contributed by atoms with Gasteiger partial charge in [0.05, 0.1) is 5.69 Å². The molecule has 0 aromatic carbocycles. The van der Waals surface area contributed by atoms with Gasteiger partial charge in [0.25, 0.3) is 0 Å². The Morgan fingerprint density at radius 3 is 2.90 bits per heavy atom. The molecule has 2 aliphatic rings. The topological polar surface area (TPSA) is 55.9 Å². The Morgan fingerprint density at radius 2 is 2.30 bits per heavy atom. The Hall–Kier alpha value is -0.870. The minimum atomic E-state index is 0.390. The third-order valence-corrected chi connectivity index (χ3v) is 5.45. The van der Waals surface area contributed by atoms with Gasteiger partial charge in [-0.3, -0.25) is 16.0 Å². The highest BCUT2D eigenvalue weighted by atomic mass is 15.3. The molecule has 2 bridgehead atoms. The summed E-state index contributed by atoms with van der Waals surface area (Å²) in [5.74, 6) is 8.71. The number of fused-ring (bicyclic) bond motifs is 2. The normalized spacial score (nSPS) is 30.1. The van der Waals surface area contributed by atoms with Crippen LogP contribution in [0.15, 0.2) is 6.07 Å². The van der Waals surface area contributed by atoms with E-state index in [9.17, 15) is 0 Å². The zero-order valence-corrected chi connectivity index (χ0v) is 12.8. The molecule has 0 aliphatic heterocycles. The number of nitrogens with two attached hydrogens (primary N) is 1. The summed E-state index contributed by atoms with van der Waals surface area (Å²) in [5.41, 5.74) is 5.48. The fourth-order valence-corrected chi connectivity index (χ4v) is 4.53. The van der Waals surface area contributed by atoms with Crippen LogP contribution < -0.4 is 11.3 Å². The summed E-state index contributed by atoms with van der Waals surface area (Å²) in [4.78, 5) is 0. The van der Waals surface area contributed by atoms with Gasteiger partial charge in [-0.1, -0.05) is 6.42 Å². The number of hydrogen-bond acceptors (Lipinski definition) is 3. The second-order valence-electron chi connectivity index (χ2n) is 6.83. The van der Waals surface area contributed by atoms with E-state index in [-0.39, 0.29) is 0 Å². The maximum Gasteiger partial charge on any atom is 0.0596 e. The van der Waals surface area contributed by atoms with Gasteiger partial charge in [-0.15, -0.1) is 0 Å². The number of nitrogens with one attached hydrogen (secondary N) is 1. The molecule has 4 unspecified atom stereocenters. The summed E-state index contributed by atoms with van der Waals surface area (Å²) in [7, 11) is 0. The van der Waals surface area contributed by atoms with Crippen molar-refractivity contribution in [2.75, 3.05) is 0 Å². The Bertz CT molecular complexity index is 453. The smallest absolute Gasteiger partial charge is 0.0596 e. The molecule has 2 fully saturated rings. The van der Waals surface area contributed by atoms with Crippen molar-refractivity contribution in [3.05, 3.63) is 17.5 Å². The van der Waals surface area contributed by atoms with Crippen LogP contribution in [0.4, 0.5) is 0 Å². The lowest BCUT2D eigenvalue weighted by Crippen LogP contribution is -2.39. The second kappa shape index (κ2) is 5.86. The van der Waals surface area contributed by atoms with Crippen molar-refractivity contribution in [2.24, 2.45) is 23.6 Å². The minimum Gasteiger partial charge on any atom is -0.271 e. The monoisotopic (exact) mass is 276 g/mol. The first-order chi connectivity index (χ1) is 9.69. The van der Waals surface area contributed by atoms with Gasteiger partial charge in [-0.05, 0) is 63.4 Å². The molecule has 3 rings (SSSR count). The van der Waals surface area contributed by atoms with Crippen molar-refractivity contribution in [1.29, 1.82) is 0 Å². The average Bonchev–Trinajstić information content (AvgIpc) is 3.13. The van der Waals surface area contributed by atoms with Gasteiger partial charge in [-0.25, -0.2) is 0 Å². The second-order valence-corrected chi connectivity index (χ2v) is 6.83. The van der Waals surface area contributed by atoms with E-state index in [0.29, 0.717) is 6.04 Å². The van der Waals surface area contributed by atoms with Gasteiger partial charge in [0.1, 0.15) is 0 Å². The van der Waals surface area contributed by atoms with E-state index in [2.05, 4.69) is 35.1 Å². The molecule has 1 heterocycles. The van der Waals surface area contributed by atoms with Crippen LogP contribution in [-0.2, 0) is 13.0 Å². The van der Waals surface area contributed by atoms with Crippen LogP contribution in [0.2, 0.25) is 0 Å². The predicted molar refractivity (Wildman–Crippen MR) is 81.0 cm³/mol. The van der Waals surface area contributed by atoms with E-state index in [1.807, 2.05) is 0 Å². The molecule has 0 radical (unpaired) electrons. The highest BCUT2D eigenvalue weighted by Gasteiger charge is 2.40. The first-order valence-electron chi connectivity index (χ1n) is 8.19. The number of aromatic nitrogens is 2. The van der Waals surface area contributed by atoms with Gasteiger partial charge in [-0.2, -0.15) is 5.10 Å². The Labute approximate surface area is 122 Å². The molecule has 2 aliphatic carbocycles. The van der Waals surface area contributed by atoms with E-state index in [1.54, 1.807) is 0 Å². The minimum absolute atomic E-state index is 0.390. The number of hydrogen-bond donors (Lipinski definition) is 2. The van der Waals surface area contributed by atoms with Gasteiger partial charge in [0.2, 0.25) is 0 Å². The molecule has 0 spiro atoms. The van der Waals surface area contributed by atoms with Crippen molar-refractivity contribution >= 4 is 0 Å². The van der Waals surface area contributed by atoms with Crippen LogP contribution in [0.25, 0.3) is 0 Å². The third kappa shape index (κ3) is 2.77. The van der Waals surface area contributed by atoms with Crippen molar-refractivity contribution in [3.63, 3.8) is 0 Å². The lowest BCUT2D eigenvalue weighted by molar-refractivity contribution is 0.276.